The Kier molecular flexibility index (Phi) is 3.73. The number of piperidine rings is 1. The molecule has 2 heteroatoms. The molecule has 1 saturated heterocycles. The van der Waals surface area contributed by atoms with E-state index in [1.807, 2.05) is 0 Å². The molecule has 0 aromatic carbocycles. The standard InChI is InChI=1S/C9H19NS/c1-10(8-5-9-11)6-3-2-4-7-10/h2-9H2,1H3/p+1. The molecular weight excluding hydrogens is 154 g/mol. The van der Waals surface area contributed by atoms with Crippen molar-refractivity contribution in [1.82, 2.24) is 0 Å². The summed E-state index contributed by atoms with van der Waals surface area (Å²) in [5.41, 5.74) is 0. The van der Waals surface area contributed by atoms with E-state index in [2.05, 4.69) is 19.7 Å². The van der Waals surface area contributed by atoms with Crippen LogP contribution in [0.25, 0.3) is 0 Å². The zero-order valence-corrected chi connectivity index (χ0v) is 8.45. The average molecular weight is 174 g/mol. The maximum Gasteiger partial charge on any atom is 0.0792 e. The van der Waals surface area contributed by atoms with E-state index in [-0.39, 0.29) is 0 Å². The van der Waals surface area contributed by atoms with Gasteiger partial charge in [-0.2, -0.15) is 12.6 Å². The van der Waals surface area contributed by atoms with Crippen LogP contribution in [0.4, 0.5) is 0 Å². The van der Waals surface area contributed by atoms with Crippen LogP contribution in [0.1, 0.15) is 25.7 Å². The second kappa shape index (κ2) is 4.36. The van der Waals surface area contributed by atoms with Gasteiger partial charge >= 0.3 is 0 Å². The smallest absolute Gasteiger partial charge is 0.0792 e. The van der Waals surface area contributed by atoms with E-state index < -0.39 is 0 Å². The van der Waals surface area contributed by atoms with Crippen LogP contribution in [0.15, 0.2) is 0 Å². The van der Waals surface area contributed by atoms with Crippen LogP contribution < -0.4 is 0 Å². The predicted molar refractivity (Wildman–Crippen MR) is 53.1 cm³/mol. The van der Waals surface area contributed by atoms with Crippen molar-refractivity contribution in [2.45, 2.75) is 25.7 Å². The van der Waals surface area contributed by atoms with E-state index in [0.717, 1.165) is 5.75 Å². The van der Waals surface area contributed by atoms with Gasteiger partial charge in [-0.15, -0.1) is 0 Å². The molecular formula is C9H20NS+. The van der Waals surface area contributed by atoms with E-state index in [9.17, 15) is 0 Å². The van der Waals surface area contributed by atoms with Crippen molar-refractivity contribution >= 4 is 12.6 Å². The van der Waals surface area contributed by atoms with Crippen molar-refractivity contribution in [2.24, 2.45) is 0 Å². The summed E-state index contributed by atoms with van der Waals surface area (Å²) in [6.07, 6.45) is 5.60. The van der Waals surface area contributed by atoms with Gasteiger partial charge in [0.2, 0.25) is 0 Å². The molecule has 0 bridgehead atoms. The highest BCUT2D eigenvalue weighted by atomic mass is 32.1. The first kappa shape index (κ1) is 9.40. The molecule has 1 nitrogen and oxygen atoms in total. The topological polar surface area (TPSA) is 0 Å². The Morgan fingerprint density at radius 3 is 2.36 bits per heavy atom. The fourth-order valence-corrected chi connectivity index (χ4v) is 2.09. The zero-order valence-electron chi connectivity index (χ0n) is 7.55. The molecule has 0 atom stereocenters. The summed E-state index contributed by atoms with van der Waals surface area (Å²) in [6.45, 7) is 4.13. The number of rotatable bonds is 3. The maximum absolute atomic E-state index is 4.25. The van der Waals surface area contributed by atoms with Crippen LogP contribution in [-0.4, -0.2) is 36.9 Å². The SMILES string of the molecule is C[N+]1(CCCS)CCCCC1. The normalized spacial score (nSPS) is 23.5. The maximum atomic E-state index is 4.25. The second-order valence-corrected chi connectivity index (χ2v) is 4.38. The van der Waals surface area contributed by atoms with Gasteiger partial charge in [-0.25, -0.2) is 0 Å². The molecule has 1 fully saturated rings. The number of hydrogen-bond donors (Lipinski definition) is 1. The largest absolute Gasteiger partial charge is 0.326 e. The Morgan fingerprint density at radius 2 is 1.82 bits per heavy atom. The fourth-order valence-electron chi connectivity index (χ4n) is 1.95. The van der Waals surface area contributed by atoms with Crippen molar-refractivity contribution in [3.05, 3.63) is 0 Å². The van der Waals surface area contributed by atoms with Crippen LogP contribution in [0, 0.1) is 0 Å². The molecule has 66 valence electrons. The number of likely N-dealkylation sites (tertiary alicyclic amines) is 1. The lowest BCUT2D eigenvalue weighted by Crippen LogP contribution is -2.48. The summed E-state index contributed by atoms with van der Waals surface area (Å²) in [5, 5.41) is 0. The highest BCUT2D eigenvalue weighted by Crippen LogP contribution is 2.16. The summed E-state index contributed by atoms with van der Waals surface area (Å²) in [4.78, 5) is 0. The average Bonchev–Trinajstić information content (AvgIpc) is 2.03. The highest BCUT2D eigenvalue weighted by molar-refractivity contribution is 7.80. The Balaban J connectivity index is 2.25. The number of nitrogens with zero attached hydrogens (tertiary/aromatic N) is 1. The Bertz CT molecular complexity index is 108. The highest BCUT2D eigenvalue weighted by Gasteiger charge is 2.23. The van der Waals surface area contributed by atoms with Crippen LogP contribution in [0.3, 0.4) is 0 Å². The molecule has 1 heterocycles. The lowest BCUT2D eigenvalue weighted by atomic mass is 10.1. The molecule has 1 aliphatic rings. The van der Waals surface area contributed by atoms with E-state index in [0.29, 0.717) is 0 Å². The first-order chi connectivity index (χ1) is 5.27. The number of thiol groups is 1. The summed E-state index contributed by atoms with van der Waals surface area (Å²) in [7, 11) is 2.39. The van der Waals surface area contributed by atoms with E-state index in [1.54, 1.807) is 0 Å². The van der Waals surface area contributed by atoms with Gasteiger partial charge in [-0.3, -0.25) is 0 Å². The molecule has 0 radical (unpaired) electrons. The minimum atomic E-state index is 1.05. The Labute approximate surface area is 75.8 Å². The molecule has 0 aromatic rings. The summed E-state index contributed by atoms with van der Waals surface area (Å²) in [5.74, 6) is 1.05. The van der Waals surface area contributed by atoms with Crippen LogP contribution in [0.2, 0.25) is 0 Å². The first-order valence-corrected chi connectivity index (χ1v) is 5.34. The second-order valence-electron chi connectivity index (χ2n) is 3.93. The fraction of sp³-hybridized carbons (Fsp3) is 1.00. The quantitative estimate of drug-likeness (QED) is 0.490. The van der Waals surface area contributed by atoms with Crippen molar-refractivity contribution in [2.75, 3.05) is 32.4 Å². The third-order valence-corrected chi connectivity index (χ3v) is 3.07. The van der Waals surface area contributed by atoms with Crippen molar-refractivity contribution in [1.29, 1.82) is 0 Å². The molecule has 0 amide bonds. The summed E-state index contributed by atoms with van der Waals surface area (Å²) in [6, 6.07) is 0. The number of hydrogen-bond acceptors (Lipinski definition) is 1. The zero-order chi connectivity index (χ0) is 8.16. The van der Waals surface area contributed by atoms with Gasteiger partial charge in [-0.1, -0.05) is 0 Å². The minimum Gasteiger partial charge on any atom is -0.326 e. The van der Waals surface area contributed by atoms with E-state index >= 15 is 0 Å². The number of quaternary nitrogens is 1. The van der Waals surface area contributed by atoms with Crippen LogP contribution in [-0.2, 0) is 0 Å². The summed E-state index contributed by atoms with van der Waals surface area (Å²) >= 11 is 4.25. The molecule has 1 aliphatic heterocycles. The van der Waals surface area contributed by atoms with Gasteiger partial charge in [0.05, 0.1) is 26.7 Å². The molecule has 0 aliphatic carbocycles. The predicted octanol–water partition coefficient (Wildman–Crippen LogP) is 1.94. The van der Waals surface area contributed by atoms with Gasteiger partial charge in [0, 0.05) is 6.42 Å². The lowest BCUT2D eigenvalue weighted by Gasteiger charge is -2.37. The van der Waals surface area contributed by atoms with Gasteiger partial charge in [0.25, 0.3) is 0 Å². The van der Waals surface area contributed by atoms with Gasteiger partial charge in [0.15, 0.2) is 0 Å². The summed E-state index contributed by atoms with van der Waals surface area (Å²) < 4.78 is 1.31. The lowest BCUT2D eigenvalue weighted by molar-refractivity contribution is -0.914. The van der Waals surface area contributed by atoms with Crippen LogP contribution >= 0.6 is 12.6 Å². The van der Waals surface area contributed by atoms with Crippen molar-refractivity contribution in [3.8, 4) is 0 Å². The molecule has 11 heavy (non-hydrogen) atoms. The first-order valence-electron chi connectivity index (χ1n) is 4.71. The molecule has 0 N–H and O–H groups in total. The minimum absolute atomic E-state index is 1.05. The molecule has 0 saturated carbocycles. The molecule has 0 aromatic heterocycles. The third-order valence-electron chi connectivity index (χ3n) is 2.75. The third kappa shape index (κ3) is 3.04. The van der Waals surface area contributed by atoms with Gasteiger partial charge < -0.3 is 4.48 Å². The van der Waals surface area contributed by atoms with Crippen LogP contribution in [0.5, 0.6) is 0 Å². The van der Waals surface area contributed by atoms with Crippen molar-refractivity contribution in [3.63, 3.8) is 0 Å². The van der Waals surface area contributed by atoms with E-state index in [1.165, 1.54) is 49.8 Å². The Hall–Kier alpha value is 0.310. The molecule has 0 unspecified atom stereocenters. The Morgan fingerprint density at radius 1 is 1.18 bits per heavy atom. The van der Waals surface area contributed by atoms with Crippen molar-refractivity contribution < 1.29 is 4.48 Å². The monoisotopic (exact) mass is 174 g/mol. The molecule has 1 rings (SSSR count). The molecule has 0 spiro atoms. The van der Waals surface area contributed by atoms with E-state index in [4.69, 9.17) is 0 Å². The van der Waals surface area contributed by atoms with Gasteiger partial charge in [0.1, 0.15) is 0 Å². The van der Waals surface area contributed by atoms with Gasteiger partial charge in [-0.05, 0) is 25.0 Å².